The van der Waals surface area contributed by atoms with Crippen LogP contribution in [0.4, 0.5) is 10.1 Å². The number of carbonyl (C=O) groups is 1. The van der Waals surface area contributed by atoms with Gasteiger partial charge in [-0.3, -0.25) is 14.9 Å². The van der Waals surface area contributed by atoms with Crippen LogP contribution in [-0.2, 0) is 11.3 Å². The van der Waals surface area contributed by atoms with Crippen LogP contribution in [0, 0.1) is 15.9 Å². The fourth-order valence-electron chi connectivity index (χ4n) is 2.41. The summed E-state index contributed by atoms with van der Waals surface area (Å²) in [6.07, 6.45) is 2.02. The van der Waals surface area contributed by atoms with Crippen molar-refractivity contribution in [2.75, 3.05) is 13.1 Å². The molecule has 1 fully saturated rings. The third-order valence-corrected chi connectivity index (χ3v) is 3.64. The predicted molar refractivity (Wildman–Crippen MR) is 75.2 cm³/mol. The lowest BCUT2D eigenvalue weighted by Crippen LogP contribution is -2.43. The molecule has 0 spiro atoms. The number of carbonyl (C=O) groups excluding carboxylic acids is 1. The smallest absolute Gasteiger partial charge is 0.305 e. The van der Waals surface area contributed by atoms with Crippen molar-refractivity contribution < 1.29 is 14.1 Å². The minimum Gasteiger partial charge on any atom is -0.341 e. The first-order chi connectivity index (χ1) is 10.0. The quantitative estimate of drug-likeness (QED) is 0.664. The molecule has 1 aromatic rings. The molecule has 1 saturated heterocycles. The molecule has 7 heteroatoms. The highest BCUT2D eigenvalue weighted by atomic mass is 19.1. The highest BCUT2D eigenvalue weighted by Gasteiger charge is 2.23. The minimum atomic E-state index is -0.851. The minimum absolute atomic E-state index is 0.0154. The Kier molecular flexibility index (Phi) is 4.85. The van der Waals surface area contributed by atoms with E-state index in [1.807, 2.05) is 0 Å². The van der Waals surface area contributed by atoms with Gasteiger partial charge in [-0.1, -0.05) is 12.1 Å². The van der Waals surface area contributed by atoms with E-state index in [4.69, 9.17) is 0 Å². The second-order valence-corrected chi connectivity index (χ2v) is 5.14. The van der Waals surface area contributed by atoms with Gasteiger partial charge in [-0.15, -0.1) is 0 Å². The van der Waals surface area contributed by atoms with Crippen LogP contribution in [0.1, 0.15) is 25.3 Å². The third-order valence-electron chi connectivity index (χ3n) is 3.64. The summed E-state index contributed by atoms with van der Waals surface area (Å²) in [5.74, 6) is -0.867. The number of hydrogen-bond donors (Lipinski definition) is 1. The van der Waals surface area contributed by atoms with E-state index < -0.39 is 22.5 Å². The number of rotatable bonds is 5. The fourth-order valence-corrected chi connectivity index (χ4v) is 2.41. The second-order valence-electron chi connectivity index (χ2n) is 5.14. The lowest BCUT2D eigenvalue weighted by atomic mass is 10.1. The first kappa shape index (κ1) is 15.4. The van der Waals surface area contributed by atoms with E-state index in [9.17, 15) is 19.3 Å². The molecule has 0 radical (unpaired) electrons. The molecule has 0 aromatic heterocycles. The average Bonchev–Trinajstić information content (AvgIpc) is 2.98. The Morgan fingerprint density at radius 1 is 1.48 bits per heavy atom. The third kappa shape index (κ3) is 3.55. The van der Waals surface area contributed by atoms with E-state index in [2.05, 4.69) is 5.32 Å². The maximum atomic E-state index is 13.9. The van der Waals surface area contributed by atoms with Gasteiger partial charge in [0, 0.05) is 31.3 Å². The molecule has 1 amide bonds. The van der Waals surface area contributed by atoms with Crippen LogP contribution in [0.25, 0.3) is 0 Å². The Hall–Kier alpha value is -2.02. The van der Waals surface area contributed by atoms with Crippen molar-refractivity contribution in [3.05, 3.63) is 39.7 Å². The van der Waals surface area contributed by atoms with Crippen LogP contribution < -0.4 is 5.32 Å². The summed E-state index contributed by atoms with van der Waals surface area (Å²) < 4.78 is 13.9. The number of likely N-dealkylation sites (tertiary alicyclic amines) is 1. The molecule has 1 aliphatic rings. The number of hydrogen-bond acceptors (Lipinski definition) is 4. The number of nitrogens with one attached hydrogen (secondary N) is 1. The summed E-state index contributed by atoms with van der Waals surface area (Å²) in [5.41, 5.74) is -0.363. The van der Waals surface area contributed by atoms with Crippen LogP contribution >= 0.6 is 0 Å². The predicted octanol–water partition coefficient (Wildman–Crippen LogP) is 1.83. The largest absolute Gasteiger partial charge is 0.341 e. The molecule has 1 unspecified atom stereocenters. The van der Waals surface area contributed by atoms with Crippen molar-refractivity contribution in [3.8, 4) is 0 Å². The van der Waals surface area contributed by atoms with E-state index in [1.165, 1.54) is 12.1 Å². The molecule has 0 aliphatic carbocycles. The van der Waals surface area contributed by atoms with Gasteiger partial charge in [0.25, 0.3) is 0 Å². The molecular weight excluding hydrogens is 277 g/mol. The maximum absolute atomic E-state index is 13.9. The Bertz CT molecular complexity index is 544. The Morgan fingerprint density at radius 3 is 2.76 bits per heavy atom. The molecule has 6 nitrogen and oxygen atoms in total. The second kappa shape index (κ2) is 6.62. The van der Waals surface area contributed by atoms with Gasteiger partial charge in [0.15, 0.2) is 0 Å². The standard InChI is InChI=1S/C14H18FN3O3/c1-10(14(19)17-7-2-3-8-17)16-9-11-5-4-6-12(13(11)15)18(20)21/h4-6,10,16H,2-3,7-9H2,1H3. The number of nitro groups is 1. The van der Waals surface area contributed by atoms with E-state index in [0.29, 0.717) is 0 Å². The molecule has 1 N–H and O–H groups in total. The number of nitrogens with zero attached hydrogens (tertiary/aromatic N) is 2. The average molecular weight is 295 g/mol. The first-order valence-electron chi connectivity index (χ1n) is 6.94. The first-order valence-corrected chi connectivity index (χ1v) is 6.94. The topological polar surface area (TPSA) is 75.5 Å². The van der Waals surface area contributed by atoms with Gasteiger partial charge >= 0.3 is 5.69 Å². The van der Waals surface area contributed by atoms with Crippen LogP contribution in [0.15, 0.2) is 18.2 Å². The molecule has 114 valence electrons. The highest BCUT2D eigenvalue weighted by Crippen LogP contribution is 2.20. The monoisotopic (exact) mass is 295 g/mol. The number of halogens is 1. The van der Waals surface area contributed by atoms with Crippen molar-refractivity contribution in [1.29, 1.82) is 0 Å². The molecule has 0 saturated carbocycles. The van der Waals surface area contributed by atoms with Crippen LogP contribution in [0.2, 0.25) is 0 Å². The Balaban J connectivity index is 1.98. The van der Waals surface area contributed by atoms with Crippen molar-refractivity contribution >= 4 is 11.6 Å². The number of amides is 1. The Labute approximate surface area is 122 Å². The van der Waals surface area contributed by atoms with Gasteiger partial charge in [-0.05, 0) is 19.8 Å². The zero-order valence-corrected chi connectivity index (χ0v) is 11.8. The van der Waals surface area contributed by atoms with Gasteiger partial charge in [-0.2, -0.15) is 4.39 Å². The summed E-state index contributed by atoms with van der Waals surface area (Å²) >= 11 is 0. The summed E-state index contributed by atoms with van der Waals surface area (Å²) in [6, 6.07) is 3.59. The zero-order chi connectivity index (χ0) is 15.4. The van der Waals surface area contributed by atoms with Gasteiger partial charge < -0.3 is 10.2 Å². The Morgan fingerprint density at radius 2 is 2.14 bits per heavy atom. The van der Waals surface area contributed by atoms with Crippen LogP contribution in [-0.4, -0.2) is 34.9 Å². The molecule has 1 aromatic carbocycles. The molecule has 2 rings (SSSR count). The van der Waals surface area contributed by atoms with Crippen LogP contribution in [0.3, 0.4) is 0 Å². The lowest BCUT2D eigenvalue weighted by molar-refractivity contribution is -0.387. The maximum Gasteiger partial charge on any atom is 0.305 e. The van der Waals surface area contributed by atoms with E-state index in [-0.39, 0.29) is 18.0 Å². The summed E-state index contributed by atoms with van der Waals surface area (Å²) in [4.78, 5) is 23.8. The van der Waals surface area contributed by atoms with Crippen LogP contribution in [0.5, 0.6) is 0 Å². The van der Waals surface area contributed by atoms with Crippen molar-refractivity contribution in [1.82, 2.24) is 10.2 Å². The molecular formula is C14H18FN3O3. The SMILES string of the molecule is CC(NCc1cccc([N+](=O)[O-])c1F)C(=O)N1CCCC1. The molecule has 1 aliphatic heterocycles. The van der Waals surface area contributed by atoms with E-state index in [1.54, 1.807) is 11.8 Å². The summed E-state index contributed by atoms with van der Waals surface area (Å²) in [7, 11) is 0. The van der Waals surface area contributed by atoms with E-state index in [0.717, 1.165) is 32.0 Å². The molecule has 21 heavy (non-hydrogen) atoms. The molecule has 1 heterocycles. The van der Waals surface area contributed by atoms with E-state index >= 15 is 0 Å². The summed E-state index contributed by atoms with van der Waals surface area (Å²) in [6.45, 7) is 3.32. The number of nitro benzene ring substituents is 1. The van der Waals surface area contributed by atoms with Crippen molar-refractivity contribution in [2.45, 2.75) is 32.4 Å². The summed E-state index contributed by atoms with van der Waals surface area (Å²) in [5, 5.41) is 13.6. The van der Waals surface area contributed by atoms with Gasteiger partial charge in [0.05, 0.1) is 11.0 Å². The van der Waals surface area contributed by atoms with Crippen molar-refractivity contribution in [3.63, 3.8) is 0 Å². The number of benzene rings is 1. The van der Waals surface area contributed by atoms with Crippen molar-refractivity contribution in [2.24, 2.45) is 0 Å². The molecule has 1 atom stereocenters. The fraction of sp³-hybridized carbons (Fsp3) is 0.500. The lowest BCUT2D eigenvalue weighted by Gasteiger charge is -2.21. The normalized spacial score (nSPS) is 16.0. The van der Waals surface area contributed by atoms with Gasteiger partial charge in [0.1, 0.15) is 0 Å². The van der Waals surface area contributed by atoms with Gasteiger partial charge in [-0.25, -0.2) is 0 Å². The molecule has 0 bridgehead atoms. The highest BCUT2D eigenvalue weighted by molar-refractivity contribution is 5.81. The zero-order valence-electron chi connectivity index (χ0n) is 11.8. The van der Waals surface area contributed by atoms with Gasteiger partial charge in [0.2, 0.25) is 11.7 Å².